The van der Waals surface area contributed by atoms with Crippen LogP contribution in [0.1, 0.15) is 19.8 Å². The number of nitrogens with one attached hydrogen (secondary N) is 1. The lowest BCUT2D eigenvalue weighted by atomic mass is 9.92. The number of nitrogens with zero attached hydrogens (tertiary/aromatic N) is 3. The van der Waals surface area contributed by atoms with Gasteiger partial charge in [0.15, 0.2) is 0 Å². The van der Waals surface area contributed by atoms with Crippen LogP contribution in [0.15, 0.2) is 5.51 Å². The highest BCUT2D eigenvalue weighted by molar-refractivity contribution is 7.13. The molecule has 1 aromatic rings. The minimum atomic E-state index is -0.289. The number of aliphatic hydroxyl groups is 1. The Hall–Kier alpha value is -1.21. The SMILES string of the molecule is C[C@H](O)C1CCN(C(=O)Nc2nncs2)CC1. The molecule has 0 spiro atoms. The molecule has 17 heavy (non-hydrogen) atoms. The first kappa shape index (κ1) is 12.3. The second-order valence-corrected chi connectivity index (χ2v) is 5.07. The van der Waals surface area contributed by atoms with Gasteiger partial charge in [-0.2, -0.15) is 0 Å². The van der Waals surface area contributed by atoms with Gasteiger partial charge in [0.1, 0.15) is 5.51 Å². The van der Waals surface area contributed by atoms with Crippen LogP contribution in [-0.2, 0) is 0 Å². The van der Waals surface area contributed by atoms with E-state index < -0.39 is 0 Å². The summed E-state index contributed by atoms with van der Waals surface area (Å²) in [6.07, 6.45) is 1.41. The lowest BCUT2D eigenvalue weighted by molar-refractivity contribution is 0.0820. The molecule has 2 amide bonds. The second-order valence-electron chi connectivity index (χ2n) is 4.24. The van der Waals surface area contributed by atoms with E-state index in [1.165, 1.54) is 11.3 Å². The van der Waals surface area contributed by atoms with Gasteiger partial charge in [0, 0.05) is 13.1 Å². The molecule has 1 aromatic heterocycles. The second kappa shape index (κ2) is 5.42. The monoisotopic (exact) mass is 256 g/mol. The molecule has 6 nitrogen and oxygen atoms in total. The zero-order chi connectivity index (χ0) is 12.3. The van der Waals surface area contributed by atoms with Crippen molar-refractivity contribution in [3.05, 3.63) is 5.51 Å². The summed E-state index contributed by atoms with van der Waals surface area (Å²) in [4.78, 5) is 13.6. The minimum absolute atomic E-state index is 0.134. The van der Waals surface area contributed by atoms with Gasteiger partial charge in [-0.15, -0.1) is 10.2 Å². The predicted molar refractivity (Wildman–Crippen MR) is 64.9 cm³/mol. The van der Waals surface area contributed by atoms with Crippen molar-refractivity contribution in [3.63, 3.8) is 0 Å². The van der Waals surface area contributed by atoms with E-state index in [9.17, 15) is 9.90 Å². The Kier molecular flexibility index (Phi) is 3.90. The maximum atomic E-state index is 11.8. The molecular formula is C10H16N4O2S. The maximum Gasteiger partial charge on any atom is 0.323 e. The van der Waals surface area contributed by atoms with Gasteiger partial charge >= 0.3 is 6.03 Å². The fraction of sp³-hybridized carbons (Fsp3) is 0.700. The number of anilines is 1. The molecule has 1 saturated heterocycles. The normalized spacial score (nSPS) is 19.1. The molecular weight excluding hydrogens is 240 g/mol. The number of hydrogen-bond acceptors (Lipinski definition) is 5. The quantitative estimate of drug-likeness (QED) is 0.832. The van der Waals surface area contributed by atoms with Gasteiger partial charge in [0.05, 0.1) is 6.10 Å². The van der Waals surface area contributed by atoms with Gasteiger partial charge in [-0.3, -0.25) is 5.32 Å². The van der Waals surface area contributed by atoms with Gasteiger partial charge < -0.3 is 10.0 Å². The topological polar surface area (TPSA) is 78.4 Å². The van der Waals surface area contributed by atoms with Crippen LogP contribution in [0, 0.1) is 5.92 Å². The van der Waals surface area contributed by atoms with Crippen LogP contribution in [0.5, 0.6) is 0 Å². The Morgan fingerprint density at radius 2 is 2.35 bits per heavy atom. The predicted octanol–water partition coefficient (Wildman–Crippen LogP) is 1.16. The van der Waals surface area contributed by atoms with E-state index in [2.05, 4.69) is 15.5 Å². The molecule has 1 atom stereocenters. The number of aromatic nitrogens is 2. The van der Waals surface area contributed by atoms with Crippen LogP contribution in [-0.4, -0.2) is 45.4 Å². The summed E-state index contributed by atoms with van der Waals surface area (Å²) in [6, 6.07) is -0.134. The molecule has 1 fully saturated rings. The van der Waals surface area contributed by atoms with Gasteiger partial charge in [0.25, 0.3) is 0 Å². The number of carbonyl (C=O) groups is 1. The van der Waals surface area contributed by atoms with E-state index in [-0.39, 0.29) is 12.1 Å². The van der Waals surface area contributed by atoms with Crippen molar-refractivity contribution in [2.24, 2.45) is 5.92 Å². The third-order valence-electron chi connectivity index (χ3n) is 3.08. The number of hydrogen-bond donors (Lipinski definition) is 2. The van der Waals surface area contributed by atoms with Crippen LogP contribution >= 0.6 is 11.3 Å². The molecule has 2 rings (SSSR count). The van der Waals surface area contributed by atoms with Gasteiger partial charge in [-0.25, -0.2) is 4.79 Å². The maximum absolute atomic E-state index is 11.8. The average Bonchev–Trinajstić information content (AvgIpc) is 2.82. The molecule has 0 radical (unpaired) electrons. The highest BCUT2D eigenvalue weighted by Crippen LogP contribution is 2.21. The highest BCUT2D eigenvalue weighted by atomic mass is 32.1. The Bertz CT molecular complexity index is 360. The fourth-order valence-electron chi connectivity index (χ4n) is 1.98. The highest BCUT2D eigenvalue weighted by Gasteiger charge is 2.25. The van der Waals surface area contributed by atoms with Crippen LogP contribution < -0.4 is 5.32 Å². The van der Waals surface area contributed by atoms with E-state index in [1.54, 1.807) is 10.4 Å². The first-order valence-electron chi connectivity index (χ1n) is 5.67. The first-order valence-corrected chi connectivity index (χ1v) is 6.55. The summed E-state index contributed by atoms with van der Waals surface area (Å²) in [6.45, 7) is 3.17. The van der Waals surface area contributed by atoms with Gasteiger partial charge in [-0.1, -0.05) is 11.3 Å². The van der Waals surface area contributed by atoms with Crippen molar-refractivity contribution in [1.29, 1.82) is 0 Å². The third kappa shape index (κ3) is 3.13. The molecule has 2 heterocycles. The van der Waals surface area contributed by atoms with E-state index in [1.807, 2.05) is 6.92 Å². The Balaban J connectivity index is 1.82. The van der Waals surface area contributed by atoms with Crippen LogP contribution in [0.3, 0.4) is 0 Å². The fourth-order valence-corrected chi connectivity index (χ4v) is 2.42. The minimum Gasteiger partial charge on any atom is -0.393 e. The standard InChI is InChI=1S/C10H16N4O2S/c1-7(15)8-2-4-14(5-3-8)10(16)12-9-13-11-6-17-9/h6-8,15H,2-5H2,1H3,(H,12,13,16)/t7-/m0/s1. The molecule has 0 bridgehead atoms. The van der Waals surface area contributed by atoms with Gasteiger partial charge in [0.2, 0.25) is 5.13 Å². The Morgan fingerprint density at radius 3 is 2.88 bits per heavy atom. The van der Waals surface area contributed by atoms with Crippen molar-refractivity contribution in [1.82, 2.24) is 15.1 Å². The largest absolute Gasteiger partial charge is 0.393 e. The average molecular weight is 256 g/mol. The molecule has 2 N–H and O–H groups in total. The van der Waals surface area contributed by atoms with Crippen molar-refractivity contribution in [2.75, 3.05) is 18.4 Å². The molecule has 1 aliphatic heterocycles. The number of aliphatic hydroxyl groups excluding tert-OH is 1. The molecule has 0 aliphatic carbocycles. The molecule has 7 heteroatoms. The van der Waals surface area contributed by atoms with Crippen molar-refractivity contribution in [3.8, 4) is 0 Å². The third-order valence-corrected chi connectivity index (χ3v) is 3.69. The van der Waals surface area contributed by atoms with Crippen molar-refractivity contribution >= 4 is 22.5 Å². The van der Waals surface area contributed by atoms with Crippen molar-refractivity contribution in [2.45, 2.75) is 25.9 Å². The lowest BCUT2D eigenvalue weighted by Gasteiger charge is -2.32. The summed E-state index contributed by atoms with van der Waals surface area (Å²) in [5, 5.41) is 20.1. The Morgan fingerprint density at radius 1 is 1.65 bits per heavy atom. The number of likely N-dealkylation sites (tertiary alicyclic amines) is 1. The molecule has 0 unspecified atom stereocenters. The number of urea groups is 1. The summed E-state index contributed by atoms with van der Waals surface area (Å²) < 4.78 is 0. The number of piperidine rings is 1. The zero-order valence-corrected chi connectivity index (χ0v) is 10.5. The molecule has 1 aliphatic rings. The van der Waals surface area contributed by atoms with Gasteiger partial charge in [-0.05, 0) is 25.7 Å². The summed E-state index contributed by atoms with van der Waals surface area (Å²) in [7, 11) is 0. The van der Waals surface area contributed by atoms with Crippen LogP contribution in [0.2, 0.25) is 0 Å². The zero-order valence-electron chi connectivity index (χ0n) is 9.67. The molecule has 0 aromatic carbocycles. The molecule has 0 saturated carbocycles. The van der Waals surface area contributed by atoms with E-state index in [0.29, 0.717) is 24.1 Å². The van der Waals surface area contributed by atoms with E-state index >= 15 is 0 Å². The van der Waals surface area contributed by atoms with Crippen molar-refractivity contribution < 1.29 is 9.90 Å². The summed E-state index contributed by atoms with van der Waals surface area (Å²) in [5.74, 6) is 0.306. The smallest absolute Gasteiger partial charge is 0.323 e. The molecule has 94 valence electrons. The summed E-state index contributed by atoms with van der Waals surface area (Å²) in [5.41, 5.74) is 1.58. The van der Waals surface area contributed by atoms with E-state index in [4.69, 9.17) is 0 Å². The summed E-state index contributed by atoms with van der Waals surface area (Å²) >= 11 is 1.30. The van der Waals surface area contributed by atoms with Crippen LogP contribution in [0.25, 0.3) is 0 Å². The first-order chi connectivity index (χ1) is 8.16. The number of carbonyl (C=O) groups excluding carboxylic acids is 1. The lowest BCUT2D eigenvalue weighted by Crippen LogP contribution is -2.42. The van der Waals surface area contributed by atoms with E-state index in [0.717, 1.165) is 12.8 Å². The number of amides is 2. The number of rotatable bonds is 2. The van der Waals surface area contributed by atoms with Crippen LogP contribution in [0.4, 0.5) is 9.93 Å². The Labute approximate surface area is 104 Å².